The Labute approximate surface area is 87.8 Å². The molecule has 0 aliphatic carbocycles. The van der Waals surface area contributed by atoms with Gasteiger partial charge in [0.25, 0.3) is 0 Å². The molecule has 6 heteroatoms. The van der Waals surface area contributed by atoms with Crippen LogP contribution in [-0.2, 0) is 4.74 Å². The van der Waals surface area contributed by atoms with Gasteiger partial charge in [-0.2, -0.15) is 4.98 Å². The topological polar surface area (TPSA) is 76.8 Å². The third-order valence-corrected chi connectivity index (χ3v) is 2.14. The van der Waals surface area contributed by atoms with Crippen LogP contribution in [0.25, 0.3) is 0 Å². The predicted octanol–water partition coefficient (Wildman–Crippen LogP) is 1.29. The first-order valence-corrected chi connectivity index (χ1v) is 5.40. The maximum atomic E-state index is 5.54. The average molecular weight is 216 g/mol. The van der Waals surface area contributed by atoms with Crippen LogP contribution in [0.4, 0.5) is 5.95 Å². The Balaban J connectivity index is 2.16. The number of H-pyrrole nitrogens is 1. The molecule has 14 heavy (non-hydrogen) atoms. The first kappa shape index (κ1) is 11.3. The molecule has 0 aliphatic heterocycles. The minimum Gasteiger partial charge on any atom is -0.375 e. The van der Waals surface area contributed by atoms with Crippen LogP contribution in [0, 0.1) is 0 Å². The van der Waals surface area contributed by atoms with Crippen LogP contribution in [0.1, 0.15) is 20.8 Å². The van der Waals surface area contributed by atoms with Crippen molar-refractivity contribution in [3.63, 3.8) is 0 Å². The lowest BCUT2D eigenvalue weighted by molar-refractivity contribution is 0.00693. The van der Waals surface area contributed by atoms with Gasteiger partial charge in [0, 0.05) is 5.75 Å². The molecule has 1 aromatic heterocycles. The molecule has 1 heterocycles. The molecule has 0 bridgehead atoms. The van der Waals surface area contributed by atoms with E-state index in [1.54, 1.807) is 0 Å². The molecule has 0 amide bonds. The van der Waals surface area contributed by atoms with E-state index in [1.807, 2.05) is 20.8 Å². The summed E-state index contributed by atoms with van der Waals surface area (Å²) in [5, 5.41) is 7.14. The molecule has 1 rings (SSSR count). The van der Waals surface area contributed by atoms with Crippen molar-refractivity contribution in [2.75, 3.05) is 18.1 Å². The molecular formula is C8H16N4OS. The highest BCUT2D eigenvalue weighted by Gasteiger charge is 2.09. The van der Waals surface area contributed by atoms with E-state index < -0.39 is 0 Å². The van der Waals surface area contributed by atoms with Crippen LogP contribution in [0.15, 0.2) is 5.16 Å². The van der Waals surface area contributed by atoms with E-state index in [9.17, 15) is 0 Å². The number of hydrogen-bond donors (Lipinski definition) is 2. The molecule has 3 N–H and O–H groups in total. The van der Waals surface area contributed by atoms with E-state index in [0.29, 0.717) is 17.7 Å². The van der Waals surface area contributed by atoms with Crippen molar-refractivity contribution >= 4 is 17.7 Å². The molecule has 0 aliphatic rings. The summed E-state index contributed by atoms with van der Waals surface area (Å²) in [6.45, 7) is 6.77. The van der Waals surface area contributed by atoms with Crippen molar-refractivity contribution in [2.45, 2.75) is 31.5 Å². The molecule has 5 nitrogen and oxygen atoms in total. The van der Waals surface area contributed by atoms with Crippen molar-refractivity contribution < 1.29 is 4.74 Å². The van der Waals surface area contributed by atoms with Crippen LogP contribution in [0.2, 0.25) is 0 Å². The highest BCUT2D eigenvalue weighted by atomic mass is 32.2. The number of hydrogen-bond acceptors (Lipinski definition) is 5. The van der Waals surface area contributed by atoms with Crippen LogP contribution >= 0.6 is 11.8 Å². The molecule has 0 aromatic carbocycles. The quantitative estimate of drug-likeness (QED) is 0.586. The number of aromatic nitrogens is 3. The summed E-state index contributed by atoms with van der Waals surface area (Å²) in [5.41, 5.74) is 5.29. The number of ether oxygens (including phenoxy) is 1. The smallest absolute Gasteiger partial charge is 0.216 e. The highest BCUT2D eigenvalue weighted by Crippen LogP contribution is 2.14. The number of nitrogens with zero attached hydrogens (tertiary/aromatic N) is 2. The maximum absolute atomic E-state index is 5.54. The van der Waals surface area contributed by atoms with Crippen LogP contribution < -0.4 is 5.73 Å². The summed E-state index contributed by atoms with van der Waals surface area (Å²) in [5.74, 6) is 1.18. The summed E-state index contributed by atoms with van der Waals surface area (Å²) >= 11 is 1.52. The van der Waals surface area contributed by atoms with Gasteiger partial charge in [0.1, 0.15) is 0 Å². The molecule has 0 radical (unpaired) electrons. The SMILES string of the molecule is CC(C)(C)OCCSc1n[nH]c(N)n1. The number of thioether (sulfide) groups is 1. The summed E-state index contributed by atoms with van der Waals surface area (Å²) in [7, 11) is 0. The second kappa shape index (κ2) is 4.65. The van der Waals surface area contributed by atoms with Gasteiger partial charge in [-0.05, 0) is 20.8 Å². The Morgan fingerprint density at radius 2 is 2.21 bits per heavy atom. The third kappa shape index (κ3) is 4.48. The molecule has 0 unspecified atom stereocenters. The third-order valence-electron chi connectivity index (χ3n) is 1.33. The number of anilines is 1. The monoisotopic (exact) mass is 216 g/mol. The van der Waals surface area contributed by atoms with E-state index in [0.717, 1.165) is 5.75 Å². The van der Waals surface area contributed by atoms with Crippen molar-refractivity contribution in [3.8, 4) is 0 Å². The zero-order chi connectivity index (χ0) is 10.6. The fraction of sp³-hybridized carbons (Fsp3) is 0.750. The van der Waals surface area contributed by atoms with Crippen molar-refractivity contribution in [1.29, 1.82) is 0 Å². The van der Waals surface area contributed by atoms with Gasteiger partial charge in [0.15, 0.2) is 0 Å². The van der Waals surface area contributed by atoms with E-state index >= 15 is 0 Å². The summed E-state index contributed by atoms with van der Waals surface area (Å²) < 4.78 is 5.54. The number of aromatic amines is 1. The zero-order valence-corrected chi connectivity index (χ0v) is 9.52. The van der Waals surface area contributed by atoms with Crippen molar-refractivity contribution in [2.24, 2.45) is 0 Å². The Hall–Kier alpha value is -0.750. The molecule has 0 atom stereocenters. The van der Waals surface area contributed by atoms with Gasteiger partial charge in [-0.3, -0.25) is 0 Å². The molecule has 80 valence electrons. The van der Waals surface area contributed by atoms with Gasteiger partial charge in [-0.25, -0.2) is 5.10 Å². The maximum Gasteiger partial charge on any atom is 0.216 e. The van der Waals surface area contributed by atoms with E-state index in [1.165, 1.54) is 11.8 Å². The second-order valence-corrected chi connectivity index (χ2v) is 4.87. The van der Waals surface area contributed by atoms with Gasteiger partial charge < -0.3 is 10.5 Å². The minimum atomic E-state index is -0.0847. The van der Waals surface area contributed by atoms with Crippen LogP contribution in [0.5, 0.6) is 0 Å². The Morgan fingerprint density at radius 1 is 1.50 bits per heavy atom. The molecule has 0 saturated carbocycles. The van der Waals surface area contributed by atoms with E-state index in [2.05, 4.69) is 15.2 Å². The summed E-state index contributed by atoms with van der Waals surface area (Å²) in [4.78, 5) is 3.96. The lowest BCUT2D eigenvalue weighted by atomic mass is 10.2. The largest absolute Gasteiger partial charge is 0.375 e. The Kier molecular flexibility index (Phi) is 3.77. The van der Waals surface area contributed by atoms with Crippen LogP contribution in [-0.4, -0.2) is 33.1 Å². The predicted molar refractivity (Wildman–Crippen MR) is 57.2 cm³/mol. The molecule has 1 aromatic rings. The van der Waals surface area contributed by atoms with Gasteiger partial charge >= 0.3 is 0 Å². The lowest BCUT2D eigenvalue weighted by Gasteiger charge is -2.18. The number of nitrogen functional groups attached to an aromatic ring is 1. The zero-order valence-electron chi connectivity index (χ0n) is 8.70. The Bertz CT molecular complexity index is 281. The van der Waals surface area contributed by atoms with E-state index in [-0.39, 0.29) is 5.60 Å². The fourth-order valence-electron chi connectivity index (χ4n) is 0.803. The summed E-state index contributed by atoms with van der Waals surface area (Å²) in [6, 6.07) is 0. The number of rotatable bonds is 4. The molecule has 0 fully saturated rings. The number of nitrogens with two attached hydrogens (primary N) is 1. The molecular weight excluding hydrogens is 200 g/mol. The van der Waals surface area contributed by atoms with E-state index in [4.69, 9.17) is 10.5 Å². The van der Waals surface area contributed by atoms with Gasteiger partial charge in [-0.1, -0.05) is 11.8 Å². The van der Waals surface area contributed by atoms with Gasteiger partial charge in [0.2, 0.25) is 11.1 Å². The highest BCUT2D eigenvalue weighted by molar-refractivity contribution is 7.99. The molecule has 0 saturated heterocycles. The van der Waals surface area contributed by atoms with Crippen molar-refractivity contribution in [3.05, 3.63) is 0 Å². The van der Waals surface area contributed by atoms with Gasteiger partial charge in [-0.15, -0.1) is 5.10 Å². The summed E-state index contributed by atoms with van der Waals surface area (Å²) in [6.07, 6.45) is 0. The average Bonchev–Trinajstić information content (AvgIpc) is 2.44. The second-order valence-electron chi connectivity index (χ2n) is 3.81. The van der Waals surface area contributed by atoms with Crippen molar-refractivity contribution in [1.82, 2.24) is 15.2 Å². The normalized spacial score (nSPS) is 11.9. The number of nitrogens with one attached hydrogen (secondary N) is 1. The van der Waals surface area contributed by atoms with Gasteiger partial charge in [0.05, 0.1) is 12.2 Å². The minimum absolute atomic E-state index is 0.0847. The standard InChI is InChI=1S/C8H16N4OS/c1-8(2,3)13-4-5-14-7-10-6(9)11-12-7/h4-5H2,1-3H3,(H3,9,10,11,12). The first-order chi connectivity index (χ1) is 6.47. The van der Waals surface area contributed by atoms with Crippen LogP contribution in [0.3, 0.4) is 0 Å². The first-order valence-electron chi connectivity index (χ1n) is 4.42. The fourth-order valence-corrected chi connectivity index (χ4v) is 1.43. The molecule has 0 spiro atoms. The Morgan fingerprint density at radius 3 is 2.71 bits per heavy atom. The lowest BCUT2D eigenvalue weighted by Crippen LogP contribution is -2.20.